The van der Waals surface area contributed by atoms with E-state index < -0.39 is 44.0 Å². The van der Waals surface area contributed by atoms with E-state index in [-0.39, 0.29) is 18.3 Å². The Labute approximate surface area is 226 Å². The maximum Gasteiger partial charge on any atom is 0.459 e. The number of nitrogens with one attached hydrogen (secondary N) is 1. The standard InChI is InChI=1S/C26H31N6O6P/c1-16(2)37-25(34)19(5)31-39(35,38-20-10-8-7-9-11-20)36-13-26(27-6)17(3)21(12-22(26)33)32-15-30-23-18(4)28-14-29-24(23)32/h7-11,14-16,19,21-22,33H,3,12-13H2,1-2,4-5H3,(H,31,35)/t19?,21-,22-,26+,39?/m0/s1. The summed E-state index contributed by atoms with van der Waals surface area (Å²) in [7, 11) is -4.27. The van der Waals surface area contributed by atoms with E-state index in [1.54, 1.807) is 55.1 Å². The summed E-state index contributed by atoms with van der Waals surface area (Å²) in [5.74, 6) is -0.432. The molecule has 0 amide bonds. The Morgan fingerprint density at radius 1 is 1.31 bits per heavy atom. The van der Waals surface area contributed by atoms with Crippen LogP contribution in [0.1, 0.15) is 38.9 Å². The molecule has 206 valence electrons. The van der Waals surface area contributed by atoms with E-state index in [0.717, 1.165) is 0 Å². The van der Waals surface area contributed by atoms with Gasteiger partial charge in [-0.05, 0) is 39.8 Å². The SMILES string of the molecule is [C-]#[N+][C@]1(COP(=O)(NC(C)C(=O)OC(C)C)Oc2ccccc2)C(=C)[C@@H](n2cnc3c(C)ncnc32)C[C@@H]1O. The first kappa shape index (κ1) is 28.4. The summed E-state index contributed by atoms with van der Waals surface area (Å²) in [6, 6.07) is 6.69. The molecule has 0 bridgehead atoms. The smallest absolute Gasteiger partial charge is 0.459 e. The minimum atomic E-state index is -4.27. The quantitative estimate of drug-likeness (QED) is 0.165. The second kappa shape index (κ2) is 11.2. The highest BCUT2D eigenvalue weighted by molar-refractivity contribution is 7.52. The van der Waals surface area contributed by atoms with Gasteiger partial charge in [-0.25, -0.2) is 26.1 Å². The van der Waals surface area contributed by atoms with Gasteiger partial charge in [0, 0.05) is 12.0 Å². The topological polar surface area (TPSA) is 142 Å². The van der Waals surface area contributed by atoms with Gasteiger partial charge >= 0.3 is 19.3 Å². The van der Waals surface area contributed by atoms with Crippen LogP contribution in [0.5, 0.6) is 5.75 Å². The first-order valence-electron chi connectivity index (χ1n) is 12.4. The van der Waals surface area contributed by atoms with Crippen molar-refractivity contribution in [2.45, 2.75) is 63.9 Å². The van der Waals surface area contributed by atoms with E-state index in [9.17, 15) is 14.5 Å². The Bertz CT molecular complexity index is 1450. The molecule has 2 unspecified atom stereocenters. The molecule has 13 heteroatoms. The van der Waals surface area contributed by atoms with E-state index >= 15 is 0 Å². The third kappa shape index (κ3) is 5.72. The number of aryl methyl sites for hydroxylation is 1. The zero-order valence-electron chi connectivity index (χ0n) is 22.1. The average Bonchev–Trinajstić information content (AvgIpc) is 3.42. The number of aliphatic hydroxyl groups is 1. The lowest BCUT2D eigenvalue weighted by molar-refractivity contribution is -0.149. The largest absolute Gasteiger partial charge is 0.462 e. The summed E-state index contributed by atoms with van der Waals surface area (Å²) in [5, 5.41) is 13.7. The van der Waals surface area contributed by atoms with E-state index in [1.807, 2.05) is 6.92 Å². The minimum absolute atomic E-state index is 0.132. The molecule has 1 saturated carbocycles. The van der Waals surface area contributed by atoms with Crippen molar-refractivity contribution in [3.8, 4) is 5.75 Å². The minimum Gasteiger partial charge on any atom is -0.462 e. The maximum absolute atomic E-state index is 13.9. The Kier molecular flexibility index (Phi) is 8.18. The van der Waals surface area contributed by atoms with Crippen LogP contribution in [0.4, 0.5) is 0 Å². The number of hydrogen-bond acceptors (Lipinski definition) is 9. The van der Waals surface area contributed by atoms with Crippen LogP contribution in [-0.4, -0.2) is 61.0 Å². The van der Waals surface area contributed by atoms with E-state index in [1.165, 1.54) is 13.3 Å². The fourth-order valence-electron chi connectivity index (χ4n) is 4.41. The average molecular weight is 555 g/mol. The highest BCUT2D eigenvalue weighted by Gasteiger charge is 2.59. The number of nitrogens with zero attached hydrogens (tertiary/aromatic N) is 5. The van der Waals surface area contributed by atoms with Crippen LogP contribution in [0.2, 0.25) is 0 Å². The van der Waals surface area contributed by atoms with Gasteiger partial charge < -0.3 is 18.9 Å². The molecule has 2 heterocycles. The van der Waals surface area contributed by atoms with Crippen LogP contribution in [0.15, 0.2) is 55.1 Å². The summed E-state index contributed by atoms with van der Waals surface area (Å²) >= 11 is 0. The van der Waals surface area contributed by atoms with Crippen molar-refractivity contribution in [1.29, 1.82) is 0 Å². The Morgan fingerprint density at radius 3 is 2.69 bits per heavy atom. The van der Waals surface area contributed by atoms with Gasteiger partial charge in [0.05, 0.1) is 24.2 Å². The van der Waals surface area contributed by atoms with Crippen LogP contribution in [0, 0.1) is 13.5 Å². The van der Waals surface area contributed by atoms with Crippen molar-refractivity contribution in [1.82, 2.24) is 24.6 Å². The lowest BCUT2D eigenvalue weighted by Gasteiger charge is -2.27. The second-order valence-electron chi connectivity index (χ2n) is 9.62. The fraction of sp³-hybridized carbons (Fsp3) is 0.423. The number of ether oxygens (including phenoxy) is 1. The number of hydrogen-bond donors (Lipinski definition) is 2. The molecule has 1 aliphatic rings. The molecule has 0 radical (unpaired) electrons. The molecule has 1 aromatic carbocycles. The molecule has 4 rings (SSSR count). The van der Waals surface area contributed by atoms with Gasteiger partial charge in [-0.3, -0.25) is 14.2 Å². The van der Waals surface area contributed by atoms with Crippen LogP contribution in [0.25, 0.3) is 16.0 Å². The number of aromatic nitrogens is 4. The van der Waals surface area contributed by atoms with Gasteiger partial charge in [0.2, 0.25) is 0 Å². The van der Waals surface area contributed by atoms with Crippen molar-refractivity contribution in [2.24, 2.45) is 0 Å². The first-order valence-corrected chi connectivity index (χ1v) is 13.9. The molecule has 2 N–H and O–H groups in total. The molecule has 12 nitrogen and oxygen atoms in total. The van der Waals surface area contributed by atoms with Crippen molar-refractivity contribution >= 4 is 24.9 Å². The van der Waals surface area contributed by atoms with Gasteiger partial charge in [0.1, 0.15) is 36.3 Å². The molecule has 3 aromatic rings. The Balaban J connectivity index is 1.60. The predicted molar refractivity (Wildman–Crippen MR) is 143 cm³/mol. The van der Waals surface area contributed by atoms with Crippen molar-refractivity contribution in [2.75, 3.05) is 6.61 Å². The lowest BCUT2D eigenvalue weighted by atomic mass is 9.93. The molecule has 0 aliphatic heterocycles. The zero-order chi connectivity index (χ0) is 28.4. The van der Waals surface area contributed by atoms with E-state index in [0.29, 0.717) is 22.4 Å². The predicted octanol–water partition coefficient (Wildman–Crippen LogP) is 3.79. The third-order valence-electron chi connectivity index (χ3n) is 6.51. The molecule has 1 aliphatic carbocycles. The molecular formula is C26H31N6O6P. The van der Waals surface area contributed by atoms with Gasteiger partial charge in [0.15, 0.2) is 5.65 Å². The highest BCUT2D eigenvalue weighted by atomic mass is 31.2. The van der Waals surface area contributed by atoms with Crippen LogP contribution < -0.4 is 9.61 Å². The summed E-state index contributed by atoms with van der Waals surface area (Å²) < 4.78 is 32.3. The van der Waals surface area contributed by atoms with Gasteiger partial charge in [-0.15, -0.1) is 0 Å². The van der Waals surface area contributed by atoms with Crippen LogP contribution in [-0.2, 0) is 18.6 Å². The van der Waals surface area contributed by atoms with Gasteiger partial charge in [0.25, 0.3) is 0 Å². The van der Waals surface area contributed by atoms with E-state index in [2.05, 4.69) is 31.5 Å². The second-order valence-corrected chi connectivity index (χ2v) is 11.3. The molecule has 39 heavy (non-hydrogen) atoms. The number of fused-ring (bicyclic) bond motifs is 1. The molecule has 0 spiro atoms. The summed E-state index contributed by atoms with van der Waals surface area (Å²) in [6.45, 7) is 18.3. The van der Waals surface area contributed by atoms with E-state index in [4.69, 9.17) is 20.4 Å². The molecule has 5 atom stereocenters. The number of imidazole rings is 1. The summed E-state index contributed by atoms with van der Waals surface area (Å²) in [4.78, 5) is 29.0. The van der Waals surface area contributed by atoms with Crippen molar-refractivity contribution in [3.05, 3.63) is 72.2 Å². The maximum atomic E-state index is 13.9. The van der Waals surface area contributed by atoms with Gasteiger partial charge in [-0.1, -0.05) is 24.8 Å². The van der Waals surface area contributed by atoms with Crippen LogP contribution in [0.3, 0.4) is 0 Å². The number of para-hydroxylation sites is 1. The number of aliphatic hydroxyl groups excluding tert-OH is 1. The van der Waals surface area contributed by atoms with Crippen molar-refractivity contribution in [3.63, 3.8) is 0 Å². The number of rotatable bonds is 10. The molecule has 1 fully saturated rings. The number of carbonyl (C=O) groups is 1. The number of esters is 1. The molecule has 0 saturated heterocycles. The Hall–Kier alpha value is -3.62. The third-order valence-corrected chi connectivity index (χ3v) is 8.14. The highest BCUT2D eigenvalue weighted by Crippen LogP contribution is 2.51. The summed E-state index contributed by atoms with van der Waals surface area (Å²) in [5.41, 5.74) is 0.530. The molecule has 2 aromatic heterocycles. The monoisotopic (exact) mass is 554 g/mol. The number of benzene rings is 1. The lowest BCUT2D eigenvalue weighted by Crippen LogP contribution is -2.42. The normalized spacial score (nSPS) is 23.4. The van der Waals surface area contributed by atoms with Gasteiger partial charge in [-0.2, -0.15) is 5.09 Å². The molecular weight excluding hydrogens is 523 g/mol. The van der Waals surface area contributed by atoms with Crippen molar-refractivity contribution < 1.29 is 28.3 Å². The fourth-order valence-corrected chi connectivity index (χ4v) is 5.94. The Morgan fingerprint density at radius 2 is 2.03 bits per heavy atom. The first-order chi connectivity index (χ1) is 18.5. The zero-order valence-corrected chi connectivity index (χ0v) is 23.0. The summed E-state index contributed by atoms with van der Waals surface area (Å²) in [6.07, 6.45) is 1.53. The van der Waals surface area contributed by atoms with Crippen LogP contribution >= 0.6 is 7.75 Å². The number of carbonyl (C=O) groups excluding carboxylic acids is 1.